The molecule has 0 aromatic heterocycles. The summed E-state index contributed by atoms with van der Waals surface area (Å²) in [5.41, 5.74) is 5.31. The highest BCUT2D eigenvalue weighted by Gasteiger charge is 2.28. The molecule has 0 heterocycles. The lowest BCUT2D eigenvalue weighted by molar-refractivity contribution is -0.161. The lowest BCUT2D eigenvalue weighted by atomic mass is 10.1. The van der Waals surface area contributed by atoms with Crippen LogP contribution in [0, 0.1) is 0 Å². The minimum absolute atomic E-state index is 0.109. The number of carbonyl (C=O) groups is 3. The zero-order valence-corrected chi connectivity index (χ0v) is 32.3. The molecule has 0 bridgehead atoms. The van der Waals surface area contributed by atoms with E-state index in [1.165, 1.54) is 38.5 Å². The lowest BCUT2D eigenvalue weighted by Crippen LogP contribution is -2.34. The highest BCUT2D eigenvalue weighted by atomic mass is 31.2. The summed E-state index contributed by atoms with van der Waals surface area (Å²) in [6.45, 7) is 2.67. The van der Waals surface area contributed by atoms with E-state index in [2.05, 4.69) is 67.0 Å². The third-order valence-electron chi connectivity index (χ3n) is 7.80. The molecule has 4 N–H and O–H groups in total. The van der Waals surface area contributed by atoms with Crippen molar-refractivity contribution in [2.24, 2.45) is 5.73 Å². The fourth-order valence-corrected chi connectivity index (χ4v) is 5.49. The van der Waals surface area contributed by atoms with E-state index in [-0.39, 0.29) is 19.4 Å². The standard InChI is InChI=1S/C39H68NO10P/c1-3-5-7-9-11-13-15-17-18-19-21-23-25-27-29-31-38(42)50-35(33-48-51(45,46)49-34-36(40)39(43)44)32-47-37(41)30-28-26-24-22-20-16-14-12-10-8-6-4-2/h11-14,17-18,21,23,35-36H,3-10,15-16,19-20,22,24-34,40H2,1-2H3,(H,43,44)(H,45,46)/b13-11-,14-12-,18-17-,23-21-/t35-,36+/m1/s1. The number of hydrogen-bond acceptors (Lipinski definition) is 9. The van der Waals surface area contributed by atoms with Gasteiger partial charge in [-0.05, 0) is 77.0 Å². The molecule has 0 radical (unpaired) electrons. The first kappa shape index (κ1) is 48.4. The van der Waals surface area contributed by atoms with Crippen molar-refractivity contribution < 1.29 is 47.5 Å². The topological polar surface area (TPSA) is 172 Å². The molecule has 11 nitrogen and oxygen atoms in total. The van der Waals surface area contributed by atoms with E-state index in [1.54, 1.807) is 0 Å². The van der Waals surface area contributed by atoms with Gasteiger partial charge in [0.1, 0.15) is 12.6 Å². The zero-order chi connectivity index (χ0) is 37.8. The molecular weight excluding hydrogens is 673 g/mol. The summed E-state index contributed by atoms with van der Waals surface area (Å²) >= 11 is 0. The van der Waals surface area contributed by atoms with Crippen molar-refractivity contribution in [3.8, 4) is 0 Å². The smallest absolute Gasteiger partial charge is 0.472 e. The number of rotatable bonds is 35. The molecule has 0 fully saturated rings. The number of phosphoric ester groups is 1. The van der Waals surface area contributed by atoms with Gasteiger partial charge in [0, 0.05) is 12.8 Å². The lowest BCUT2D eigenvalue weighted by Gasteiger charge is -2.20. The van der Waals surface area contributed by atoms with Gasteiger partial charge in [0.25, 0.3) is 0 Å². The Morgan fingerprint density at radius 2 is 1.04 bits per heavy atom. The molecule has 0 aromatic rings. The van der Waals surface area contributed by atoms with E-state index in [9.17, 15) is 23.8 Å². The number of esters is 2. The maximum absolute atomic E-state index is 12.5. The fourth-order valence-electron chi connectivity index (χ4n) is 4.71. The largest absolute Gasteiger partial charge is 0.480 e. The van der Waals surface area contributed by atoms with Crippen LogP contribution in [0.15, 0.2) is 48.6 Å². The van der Waals surface area contributed by atoms with Crippen LogP contribution in [0.25, 0.3) is 0 Å². The number of nitrogens with two attached hydrogens (primary N) is 1. The van der Waals surface area contributed by atoms with E-state index >= 15 is 0 Å². The molecule has 1 unspecified atom stereocenters. The number of carboxylic acid groups (broad SMARTS) is 1. The molecule has 0 saturated heterocycles. The molecule has 0 aliphatic rings. The number of aliphatic carboxylic acids is 1. The van der Waals surface area contributed by atoms with Crippen LogP contribution in [0.4, 0.5) is 0 Å². The van der Waals surface area contributed by atoms with Crippen LogP contribution >= 0.6 is 7.82 Å². The average molecular weight is 742 g/mol. The van der Waals surface area contributed by atoms with Crippen molar-refractivity contribution in [2.75, 3.05) is 19.8 Å². The number of carboxylic acids is 1. The summed E-state index contributed by atoms with van der Waals surface area (Å²) < 4.78 is 32.5. The normalized spacial score (nSPS) is 14.4. The van der Waals surface area contributed by atoms with Gasteiger partial charge in [0.15, 0.2) is 6.10 Å². The number of allylic oxidation sites excluding steroid dienone is 8. The first-order valence-electron chi connectivity index (χ1n) is 19.2. The molecule has 12 heteroatoms. The van der Waals surface area contributed by atoms with Gasteiger partial charge in [0.05, 0.1) is 13.2 Å². The number of ether oxygens (including phenoxy) is 2. The van der Waals surface area contributed by atoms with Gasteiger partial charge in [-0.15, -0.1) is 0 Å². The maximum atomic E-state index is 12.5. The van der Waals surface area contributed by atoms with Crippen molar-refractivity contribution in [1.82, 2.24) is 0 Å². The second kappa shape index (κ2) is 34.5. The number of carbonyl (C=O) groups excluding carboxylic acids is 2. The van der Waals surface area contributed by atoms with E-state index in [1.807, 2.05) is 0 Å². The van der Waals surface area contributed by atoms with Crippen molar-refractivity contribution >= 4 is 25.7 Å². The van der Waals surface area contributed by atoms with Gasteiger partial charge >= 0.3 is 25.7 Å². The highest BCUT2D eigenvalue weighted by molar-refractivity contribution is 7.47. The van der Waals surface area contributed by atoms with Crippen LogP contribution in [-0.4, -0.2) is 59.9 Å². The Morgan fingerprint density at radius 1 is 0.608 bits per heavy atom. The van der Waals surface area contributed by atoms with Crippen LogP contribution < -0.4 is 5.73 Å². The van der Waals surface area contributed by atoms with Gasteiger partial charge in [-0.2, -0.15) is 0 Å². The van der Waals surface area contributed by atoms with Crippen LogP contribution in [0.1, 0.15) is 149 Å². The monoisotopic (exact) mass is 741 g/mol. The van der Waals surface area contributed by atoms with Crippen molar-refractivity contribution in [2.45, 2.75) is 161 Å². The summed E-state index contributed by atoms with van der Waals surface area (Å²) in [7, 11) is -4.72. The van der Waals surface area contributed by atoms with Gasteiger partial charge < -0.3 is 25.2 Å². The molecule has 0 saturated carbocycles. The summed E-state index contributed by atoms with van der Waals surface area (Å²) in [5, 5.41) is 8.85. The number of phosphoric acid groups is 1. The molecule has 294 valence electrons. The second-order valence-electron chi connectivity index (χ2n) is 12.7. The van der Waals surface area contributed by atoms with Crippen LogP contribution in [0.2, 0.25) is 0 Å². The molecule has 0 aromatic carbocycles. The molecule has 0 rings (SSSR count). The predicted octanol–water partition coefficient (Wildman–Crippen LogP) is 9.44. The third-order valence-corrected chi connectivity index (χ3v) is 8.75. The highest BCUT2D eigenvalue weighted by Crippen LogP contribution is 2.43. The van der Waals surface area contributed by atoms with Gasteiger partial charge in [0.2, 0.25) is 0 Å². The molecule has 3 atom stereocenters. The summed E-state index contributed by atoms with van der Waals surface area (Å²) in [5.74, 6) is -2.45. The zero-order valence-electron chi connectivity index (χ0n) is 31.4. The van der Waals surface area contributed by atoms with E-state index in [4.69, 9.17) is 24.8 Å². The predicted molar refractivity (Wildman–Crippen MR) is 203 cm³/mol. The number of unbranched alkanes of at least 4 members (excludes halogenated alkanes) is 13. The fraction of sp³-hybridized carbons (Fsp3) is 0.718. The molecule has 0 spiro atoms. The minimum atomic E-state index is -4.72. The van der Waals surface area contributed by atoms with Gasteiger partial charge in [-0.1, -0.05) is 107 Å². The van der Waals surface area contributed by atoms with E-state index < -0.39 is 51.1 Å². The summed E-state index contributed by atoms with van der Waals surface area (Å²) in [6, 6.07) is -1.53. The summed E-state index contributed by atoms with van der Waals surface area (Å²) in [4.78, 5) is 45.7. The Balaban J connectivity index is 4.54. The second-order valence-corrected chi connectivity index (χ2v) is 14.2. The first-order valence-corrected chi connectivity index (χ1v) is 20.7. The Kier molecular flexibility index (Phi) is 32.8. The number of hydrogen-bond donors (Lipinski definition) is 3. The minimum Gasteiger partial charge on any atom is -0.480 e. The van der Waals surface area contributed by atoms with Gasteiger partial charge in [-0.25, -0.2) is 4.57 Å². The summed E-state index contributed by atoms with van der Waals surface area (Å²) in [6.07, 6.45) is 36.1. The maximum Gasteiger partial charge on any atom is 0.472 e. The average Bonchev–Trinajstić information content (AvgIpc) is 3.10. The Hall–Kier alpha value is -2.56. The van der Waals surface area contributed by atoms with Crippen LogP contribution in [0.5, 0.6) is 0 Å². The SMILES string of the molecule is CCCCC/C=C\C/C=C\C/C=C\CCCCC(=O)O[C@H](COC(=O)CCCCCCC/C=C\CCCCC)COP(=O)(O)OC[C@H](N)C(=O)O. The van der Waals surface area contributed by atoms with E-state index in [0.717, 1.165) is 70.6 Å². The first-order chi connectivity index (χ1) is 24.6. The van der Waals surface area contributed by atoms with Crippen LogP contribution in [-0.2, 0) is 37.5 Å². The van der Waals surface area contributed by atoms with Crippen LogP contribution in [0.3, 0.4) is 0 Å². The van der Waals surface area contributed by atoms with Crippen molar-refractivity contribution in [3.05, 3.63) is 48.6 Å². The Morgan fingerprint density at radius 3 is 1.61 bits per heavy atom. The molecule has 51 heavy (non-hydrogen) atoms. The molecule has 0 aliphatic heterocycles. The third kappa shape index (κ3) is 34.3. The Labute approximate surface area is 307 Å². The van der Waals surface area contributed by atoms with E-state index in [0.29, 0.717) is 12.8 Å². The quantitative estimate of drug-likeness (QED) is 0.0244. The molecule has 0 aliphatic carbocycles. The van der Waals surface area contributed by atoms with Crippen molar-refractivity contribution in [3.63, 3.8) is 0 Å². The van der Waals surface area contributed by atoms with Crippen molar-refractivity contribution in [1.29, 1.82) is 0 Å². The van der Waals surface area contributed by atoms with Gasteiger partial charge in [-0.3, -0.25) is 23.4 Å². The molecular formula is C39H68NO10P. The molecule has 0 amide bonds. The Bertz CT molecular complexity index is 1060.